The number of amides is 2. The molecule has 3 rings (SSSR count). The van der Waals surface area contributed by atoms with Gasteiger partial charge in [0.1, 0.15) is 0 Å². The lowest BCUT2D eigenvalue weighted by atomic mass is 9.89. The van der Waals surface area contributed by atoms with Crippen LogP contribution >= 0.6 is 0 Å². The van der Waals surface area contributed by atoms with Crippen molar-refractivity contribution in [2.45, 2.75) is 19.9 Å². The molecule has 0 saturated heterocycles. The fraction of sp³-hybridized carbons (Fsp3) is 0.222. The first-order valence-corrected chi connectivity index (χ1v) is 7.61. The number of benzene rings is 2. The normalized spacial score (nSPS) is 13.3. The quantitative estimate of drug-likeness (QED) is 0.626. The Morgan fingerprint density at radius 2 is 1.83 bits per heavy atom. The van der Waals surface area contributed by atoms with E-state index in [1.807, 2.05) is 12.1 Å². The molecule has 1 heterocycles. The monoisotopic (exact) mass is 308 g/mol. The zero-order valence-corrected chi connectivity index (χ0v) is 13.1. The first kappa shape index (κ1) is 15.1. The van der Waals surface area contributed by atoms with Crippen LogP contribution in [0.4, 0.5) is 4.79 Å². The van der Waals surface area contributed by atoms with E-state index in [9.17, 15) is 4.79 Å². The van der Waals surface area contributed by atoms with Crippen molar-refractivity contribution in [1.82, 2.24) is 4.90 Å². The lowest BCUT2D eigenvalue weighted by Crippen LogP contribution is -2.36. The highest BCUT2D eigenvalue weighted by Gasteiger charge is 2.23. The average molecular weight is 308 g/mol. The predicted octanol–water partition coefficient (Wildman–Crippen LogP) is 2.41. The van der Waals surface area contributed by atoms with E-state index in [0.717, 1.165) is 6.42 Å². The fourth-order valence-electron chi connectivity index (χ4n) is 3.05. The Balaban J connectivity index is 2.00. The highest BCUT2D eigenvalue weighted by molar-refractivity contribution is 5.90. The van der Waals surface area contributed by atoms with Gasteiger partial charge in [-0.2, -0.15) is 4.99 Å². The predicted molar refractivity (Wildman–Crippen MR) is 91.9 cm³/mol. The zero-order valence-electron chi connectivity index (χ0n) is 13.1. The fourth-order valence-corrected chi connectivity index (χ4v) is 3.05. The van der Waals surface area contributed by atoms with Gasteiger partial charge in [-0.1, -0.05) is 42.5 Å². The van der Waals surface area contributed by atoms with E-state index >= 15 is 0 Å². The molecule has 0 saturated carbocycles. The maximum absolute atomic E-state index is 12.1. The van der Waals surface area contributed by atoms with Gasteiger partial charge in [0.25, 0.3) is 0 Å². The lowest BCUT2D eigenvalue weighted by Gasteiger charge is -2.29. The third-order valence-corrected chi connectivity index (χ3v) is 4.20. The molecule has 0 aliphatic carbocycles. The van der Waals surface area contributed by atoms with Crippen molar-refractivity contribution in [3.8, 4) is 11.1 Å². The minimum atomic E-state index is -0.379. The molecule has 0 spiro atoms. The minimum Gasteiger partial charge on any atom is -0.370 e. The summed E-state index contributed by atoms with van der Waals surface area (Å²) < 4.78 is 0. The van der Waals surface area contributed by atoms with Crippen LogP contribution in [0.15, 0.2) is 47.5 Å². The SMILES string of the molecule is Cc1ccccc1-c1cccc2c1CN(C(=O)N=C(N)N)CC2. The van der Waals surface area contributed by atoms with Crippen LogP contribution in [0, 0.1) is 6.92 Å². The number of carbonyl (C=O) groups excluding carboxylic acids is 1. The van der Waals surface area contributed by atoms with Gasteiger partial charge in [0.2, 0.25) is 0 Å². The van der Waals surface area contributed by atoms with Gasteiger partial charge in [0.15, 0.2) is 5.96 Å². The number of hydrogen-bond donors (Lipinski definition) is 2. The Morgan fingerprint density at radius 3 is 2.57 bits per heavy atom. The van der Waals surface area contributed by atoms with Gasteiger partial charge in [0, 0.05) is 13.1 Å². The molecule has 0 unspecified atom stereocenters. The summed E-state index contributed by atoms with van der Waals surface area (Å²) in [4.78, 5) is 17.4. The van der Waals surface area contributed by atoms with Crippen molar-refractivity contribution in [1.29, 1.82) is 0 Å². The molecule has 2 aromatic carbocycles. The van der Waals surface area contributed by atoms with E-state index in [1.54, 1.807) is 4.90 Å². The Kier molecular flexibility index (Phi) is 4.02. The van der Waals surface area contributed by atoms with Gasteiger partial charge in [-0.15, -0.1) is 0 Å². The summed E-state index contributed by atoms with van der Waals surface area (Å²) in [5.41, 5.74) is 16.7. The number of aryl methyl sites for hydroxylation is 1. The van der Waals surface area contributed by atoms with E-state index < -0.39 is 0 Å². The summed E-state index contributed by atoms with van der Waals surface area (Å²) in [7, 11) is 0. The van der Waals surface area contributed by atoms with E-state index in [-0.39, 0.29) is 12.0 Å². The second-order valence-electron chi connectivity index (χ2n) is 5.75. The number of fused-ring (bicyclic) bond motifs is 1. The van der Waals surface area contributed by atoms with E-state index in [1.165, 1.54) is 27.8 Å². The first-order valence-electron chi connectivity index (χ1n) is 7.61. The van der Waals surface area contributed by atoms with Gasteiger partial charge < -0.3 is 16.4 Å². The third kappa shape index (κ3) is 3.04. The summed E-state index contributed by atoms with van der Waals surface area (Å²) in [6.07, 6.45) is 0.806. The number of aliphatic imine (C=N–C) groups is 1. The van der Waals surface area contributed by atoms with Crippen molar-refractivity contribution in [2.24, 2.45) is 16.5 Å². The van der Waals surface area contributed by atoms with Gasteiger partial charge >= 0.3 is 6.03 Å². The van der Waals surface area contributed by atoms with Crippen LogP contribution in [0.1, 0.15) is 16.7 Å². The zero-order chi connectivity index (χ0) is 16.4. The summed E-state index contributed by atoms with van der Waals surface area (Å²) in [5.74, 6) is -0.201. The number of nitrogens with two attached hydrogens (primary N) is 2. The van der Waals surface area contributed by atoms with E-state index in [2.05, 4.69) is 42.2 Å². The number of urea groups is 1. The van der Waals surface area contributed by atoms with Gasteiger partial charge in [0.05, 0.1) is 0 Å². The molecule has 1 aliphatic heterocycles. The Hall–Kier alpha value is -2.82. The molecule has 0 atom stereocenters. The van der Waals surface area contributed by atoms with Crippen molar-refractivity contribution >= 4 is 12.0 Å². The molecule has 2 aromatic rings. The smallest absolute Gasteiger partial charge is 0.347 e. The molecule has 1 aliphatic rings. The molecule has 5 nitrogen and oxygen atoms in total. The maximum atomic E-state index is 12.1. The largest absolute Gasteiger partial charge is 0.370 e. The standard InChI is InChI=1S/C18H20N4O/c1-12-5-2-3-7-14(12)15-8-4-6-13-9-10-22(11-16(13)15)18(23)21-17(19)20/h2-8H,9-11H2,1H3,(H4,19,20,21,23). The van der Waals surface area contributed by atoms with Crippen molar-refractivity contribution in [2.75, 3.05) is 6.54 Å². The van der Waals surface area contributed by atoms with Crippen molar-refractivity contribution in [3.63, 3.8) is 0 Å². The van der Waals surface area contributed by atoms with Crippen LogP contribution in [0.25, 0.3) is 11.1 Å². The van der Waals surface area contributed by atoms with Gasteiger partial charge in [-0.25, -0.2) is 4.79 Å². The van der Waals surface area contributed by atoms with Crippen molar-refractivity contribution in [3.05, 3.63) is 59.2 Å². The second-order valence-corrected chi connectivity index (χ2v) is 5.75. The minimum absolute atomic E-state index is 0.201. The van der Waals surface area contributed by atoms with Crippen LogP contribution in [0.2, 0.25) is 0 Å². The summed E-state index contributed by atoms with van der Waals surface area (Å²) >= 11 is 0. The summed E-state index contributed by atoms with van der Waals surface area (Å²) in [6, 6.07) is 14.2. The number of nitrogens with zero attached hydrogens (tertiary/aromatic N) is 2. The maximum Gasteiger partial charge on any atom is 0.347 e. The number of guanidine groups is 1. The lowest BCUT2D eigenvalue weighted by molar-refractivity contribution is 0.203. The second kappa shape index (κ2) is 6.12. The van der Waals surface area contributed by atoms with Crippen LogP contribution in [-0.2, 0) is 13.0 Å². The molecule has 23 heavy (non-hydrogen) atoms. The Labute approximate surface area is 135 Å². The first-order chi connectivity index (χ1) is 11.1. The van der Waals surface area contributed by atoms with E-state index in [0.29, 0.717) is 13.1 Å². The van der Waals surface area contributed by atoms with Gasteiger partial charge in [-0.05, 0) is 41.2 Å². The average Bonchev–Trinajstić information content (AvgIpc) is 2.54. The number of rotatable bonds is 1. The van der Waals surface area contributed by atoms with Crippen LogP contribution in [0.3, 0.4) is 0 Å². The highest BCUT2D eigenvalue weighted by Crippen LogP contribution is 2.32. The van der Waals surface area contributed by atoms with Crippen LogP contribution in [0.5, 0.6) is 0 Å². The molecule has 4 N–H and O–H groups in total. The third-order valence-electron chi connectivity index (χ3n) is 4.20. The molecule has 118 valence electrons. The molecule has 0 radical (unpaired) electrons. The molecule has 0 bridgehead atoms. The summed E-state index contributed by atoms with van der Waals surface area (Å²) in [6.45, 7) is 3.25. The van der Waals surface area contributed by atoms with Gasteiger partial charge in [-0.3, -0.25) is 0 Å². The molecular formula is C18H20N4O. The van der Waals surface area contributed by atoms with Crippen LogP contribution < -0.4 is 11.5 Å². The highest BCUT2D eigenvalue weighted by atomic mass is 16.2. The molecule has 2 amide bonds. The van der Waals surface area contributed by atoms with Crippen LogP contribution in [-0.4, -0.2) is 23.4 Å². The van der Waals surface area contributed by atoms with Crippen molar-refractivity contribution < 1.29 is 4.79 Å². The Morgan fingerprint density at radius 1 is 1.09 bits per heavy atom. The number of hydrogen-bond acceptors (Lipinski definition) is 1. The Bertz CT molecular complexity index is 778. The molecule has 0 aromatic heterocycles. The molecular weight excluding hydrogens is 288 g/mol. The molecule has 0 fully saturated rings. The topological polar surface area (TPSA) is 84.7 Å². The van der Waals surface area contributed by atoms with E-state index in [4.69, 9.17) is 11.5 Å². The number of carbonyl (C=O) groups is 1. The molecule has 5 heteroatoms. The summed E-state index contributed by atoms with van der Waals surface area (Å²) in [5, 5.41) is 0.